The molecule has 1 saturated carbocycles. The molecule has 0 aliphatic heterocycles. The number of benzene rings is 1. The molecular formula is C16H12F4N4OS. The molecule has 3 aromatic rings. The molecule has 10 heteroatoms. The molecule has 1 aromatic carbocycles. The maximum Gasteiger partial charge on any atom is 0.398 e. The molecule has 0 bridgehead atoms. The van der Waals surface area contributed by atoms with Crippen molar-refractivity contribution in [2.45, 2.75) is 30.1 Å². The number of aromatic nitrogens is 4. The number of rotatable bonds is 4. The third-order valence-electron chi connectivity index (χ3n) is 3.97. The number of fused-ring (bicyclic) bond motifs is 1. The lowest BCUT2D eigenvalue weighted by Crippen LogP contribution is -2.20. The molecule has 26 heavy (non-hydrogen) atoms. The molecule has 0 spiro atoms. The first-order valence-electron chi connectivity index (χ1n) is 7.80. The molecule has 0 unspecified atom stereocenters. The van der Waals surface area contributed by atoms with Crippen molar-refractivity contribution in [1.29, 1.82) is 0 Å². The molecule has 0 amide bonds. The van der Waals surface area contributed by atoms with Crippen LogP contribution in [0.3, 0.4) is 0 Å². The van der Waals surface area contributed by atoms with Crippen LogP contribution in [-0.4, -0.2) is 31.5 Å². The first-order chi connectivity index (χ1) is 12.3. The second kappa shape index (κ2) is 6.11. The van der Waals surface area contributed by atoms with E-state index in [1.165, 1.54) is 12.1 Å². The molecule has 1 fully saturated rings. The van der Waals surface area contributed by atoms with Gasteiger partial charge in [0.15, 0.2) is 10.8 Å². The third-order valence-corrected chi connectivity index (χ3v) is 4.91. The first-order valence-corrected chi connectivity index (χ1v) is 8.79. The molecule has 0 radical (unpaired) electrons. The number of hydrogen-bond donors (Lipinski definition) is 1. The van der Waals surface area contributed by atoms with E-state index in [2.05, 4.69) is 15.1 Å². The van der Waals surface area contributed by atoms with Crippen molar-refractivity contribution in [3.63, 3.8) is 0 Å². The Balaban J connectivity index is 1.87. The van der Waals surface area contributed by atoms with E-state index in [0.717, 1.165) is 17.4 Å². The Hall–Kier alpha value is -2.36. The summed E-state index contributed by atoms with van der Waals surface area (Å²) in [7, 11) is 0. The highest BCUT2D eigenvalue weighted by Crippen LogP contribution is 2.44. The summed E-state index contributed by atoms with van der Waals surface area (Å²) in [5.74, 6) is -1.41. The van der Waals surface area contributed by atoms with Crippen molar-refractivity contribution < 1.29 is 17.6 Å². The van der Waals surface area contributed by atoms with Crippen molar-refractivity contribution in [2.75, 3.05) is 5.75 Å². The standard InChI is InChI=1S/C16H12F4N4OS/c17-10-5-3-8(4-6-10)11-12(9-1-2-9)23-24-13(11)21-14(22-15(24)25)26-7-16(18,19)20/h3-6,9H,1-2,7H2,(H,21,22,25). The van der Waals surface area contributed by atoms with Crippen LogP contribution in [0.4, 0.5) is 17.6 Å². The molecule has 2 aromatic heterocycles. The first kappa shape index (κ1) is 17.1. The highest BCUT2D eigenvalue weighted by molar-refractivity contribution is 7.99. The summed E-state index contributed by atoms with van der Waals surface area (Å²) in [6.45, 7) is 0. The van der Waals surface area contributed by atoms with Gasteiger partial charge in [0, 0.05) is 5.92 Å². The predicted molar refractivity (Wildman–Crippen MR) is 87.8 cm³/mol. The predicted octanol–water partition coefficient (Wildman–Crippen LogP) is 3.76. The van der Waals surface area contributed by atoms with E-state index < -0.39 is 23.4 Å². The van der Waals surface area contributed by atoms with Crippen LogP contribution in [-0.2, 0) is 0 Å². The highest BCUT2D eigenvalue weighted by atomic mass is 32.2. The average molecular weight is 384 g/mol. The number of nitrogens with zero attached hydrogens (tertiary/aromatic N) is 3. The summed E-state index contributed by atoms with van der Waals surface area (Å²) in [5.41, 5.74) is 1.36. The van der Waals surface area contributed by atoms with E-state index in [1.54, 1.807) is 12.1 Å². The van der Waals surface area contributed by atoms with Gasteiger partial charge < -0.3 is 0 Å². The number of nitrogens with one attached hydrogen (secondary N) is 1. The minimum Gasteiger partial charge on any atom is -0.285 e. The fourth-order valence-corrected chi connectivity index (χ4v) is 3.30. The Bertz CT molecular complexity index is 1020. The van der Waals surface area contributed by atoms with E-state index in [9.17, 15) is 22.4 Å². The minimum absolute atomic E-state index is 0.134. The summed E-state index contributed by atoms with van der Waals surface area (Å²) in [5, 5.41) is 4.17. The van der Waals surface area contributed by atoms with Gasteiger partial charge in [0.1, 0.15) is 5.82 Å². The van der Waals surface area contributed by atoms with Crippen molar-refractivity contribution in [3.8, 4) is 11.1 Å². The Kier molecular flexibility index (Phi) is 4.02. The molecule has 2 heterocycles. The Morgan fingerprint density at radius 3 is 2.54 bits per heavy atom. The topological polar surface area (TPSA) is 63.0 Å². The van der Waals surface area contributed by atoms with Crippen LogP contribution in [0.1, 0.15) is 24.5 Å². The molecule has 4 rings (SSSR count). The highest BCUT2D eigenvalue weighted by Gasteiger charge is 2.32. The number of hydrogen-bond acceptors (Lipinski definition) is 4. The quantitative estimate of drug-likeness (QED) is 0.550. The third kappa shape index (κ3) is 3.33. The van der Waals surface area contributed by atoms with E-state index in [-0.39, 0.29) is 16.7 Å². The van der Waals surface area contributed by atoms with Crippen LogP contribution in [0.15, 0.2) is 34.2 Å². The molecule has 136 valence electrons. The fourth-order valence-electron chi connectivity index (χ4n) is 2.69. The summed E-state index contributed by atoms with van der Waals surface area (Å²) < 4.78 is 51.7. The molecule has 0 saturated heterocycles. The van der Waals surface area contributed by atoms with Gasteiger partial charge in [-0.05, 0) is 30.5 Å². The lowest BCUT2D eigenvalue weighted by molar-refractivity contribution is -0.105. The van der Waals surface area contributed by atoms with Crippen molar-refractivity contribution in [1.82, 2.24) is 19.6 Å². The van der Waals surface area contributed by atoms with Crippen LogP contribution >= 0.6 is 11.8 Å². The van der Waals surface area contributed by atoms with Gasteiger partial charge in [0.05, 0.1) is 17.0 Å². The van der Waals surface area contributed by atoms with Gasteiger partial charge in [0.2, 0.25) is 0 Å². The van der Waals surface area contributed by atoms with E-state index in [4.69, 9.17) is 0 Å². The van der Waals surface area contributed by atoms with E-state index in [0.29, 0.717) is 28.6 Å². The largest absolute Gasteiger partial charge is 0.398 e. The number of aromatic amines is 1. The average Bonchev–Trinajstić information content (AvgIpc) is 3.34. The van der Waals surface area contributed by atoms with Crippen LogP contribution in [0.25, 0.3) is 16.8 Å². The monoisotopic (exact) mass is 384 g/mol. The summed E-state index contributed by atoms with van der Waals surface area (Å²) in [6.07, 6.45) is -2.56. The number of alkyl halides is 3. The van der Waals surface area contributed by atoms with Crippen LogP contribution in [0.2, 0.25) is 0 Å². The summed E-state index contributed by atoms with van der Waals surface area (Å²) in [4.78, 5) is 18.8. The second-order valence-electron chi connectivity index (χ2n) is 6.03. The Morgan fingerprint density at radius 2 is 1.92 bits per heavy atom. The fraction of sp³-hybridized carbons (Fsp3) is 0.312. The maximum atomic E-state index is 13.3. The van der Waals surface area contributed by atoms with E-state index >= 15 is 0 Å². The molecule has 0 atom stereocenters. The number of thioether (sulfide) groups is 1. The molecule has 5 nitrogen and oxygen atoms in total. The van der Waals surface area contributed by atoms with Gasteiger partial charge in [-0.25, -0.2) is 14.2 Å². The van der Waals surface area contributed by atoms with Gasteiger partial charge in [-0.3, -0.25) is 4.98 Å². The Labute approximate surface area is 148 Å². The smallest absolute Gasteiger partial charge is 0.285 e. The van der Waals surface area contributed by atoms with E-state index in [1.807, 2.05) is 0 Å². The number of halogens is 4. The molecule has 1 aliphatic rings. The zero-order valence-electron chi connectivity index (χ0n) is 13.2. The molecule has 1 aliphatic carbocycles. The van der Waals surface area contributed by atoms with Crippen LogP contribution < -0.4 is 5.69 Å². The number of H-pyrrole nitrogens is 1. The minimum atomic E-state index is -4.38. The normalized spacial score (nSPS) is 14.9. The van der Waals surface area contributed by atoms with Gasteiger partial charge in [-0.15, -0.1) is 0 Å². The van der Waals surface area contributed by atoms with Gasteiger partial charge >= 0.3 is 11.9 Å². The Morgan fingerprint density at radius 1 is 1.23 bits per heavy atom. The maximum absolute atomic E-state index is 13.3. The summed E-state index contributed by atoms with van der Waals surface area (Å²) >= 11 is 0.403. The van der Waals surface area contributed by atoms with Crippen molar-refractivity contribution >= 4 is 17.4 Å². The van der Waals surface area contributed by atoms with Gasteiger partial charge in [-0.2, -0.15) is 22.8 Å². The van der Waals surface area contributed by atoms with Crippen molar-refractivity contribution in [2.24, 2.45) is 0 Å². The lowest BCUT2D eigenvalue weighted by Gasteiger charge is -2.06. The SMILES string of the molecule is O=c1[nH]c(SCC(F)(F)F)nc2c(-c3ccc(F)cc3)c(C3CC3)nn12. The summed E-state index contributed by atoms with van der Waals surface area (Å²) in [6, 6.07) is 5.65. The zero-order chi connectivity index (χ0) is 18.5. The van der Waals surface area contributed by atoms with Gasteiger partial charge in [-0.1, -0.05) is 23.9 Å². The molecular weight excluding hydrogens is 372 g/mol. The molecule has 1 N–H and O–H groups in total. The lowest BCUT2D eigenvalue weighted by atomic mass is 10.0. The van der Waals surface area contributed by atoms with Crippen LogP contribution in [0, 0.1) is 5.82 Å². The van der Waals surface area contributed by atoms with Crippen LogP contribution in [0.5, 0.6) is 0 Å². The van der Waals surface area contributed by atoms with Gasteiger partial charge in [0.25, 0.3) is 0 Å². The van der Waals surface area contributed by atoms with Crippen molar-refractivity contribution in [3.05, 3.63) is 46.3 Å². The second-order valence-corrected chi connectivity index (χ2v) is 6.99. The zero-order valence-corrected chi connectivity index (χ0v) is 14.0.